The maximum absolute atomic E-state index is 12.9. The van der Waals surface area contributed by atoms with Crippen molar-refractivity contribution in [1.29, 1.82) is 0 Å². The Labute approximate surface area is 201 Å². The molecule has 0 aliphatic rings. The van der Waals surface area contributed by atoms with E-state index in [2.05, 4.69) is 31.8 Å². The molecule has 3 rings (SSSR count). The summed E-state index contributed by atoms with van der Waals surface area (Å²) in [6, 6.07) is 16.3. The second kappa shape index (κ2) is 11.3. The largest absolute Gasteiger partial charge is 0.422 e. The molecule has 0 heterocycles. The summed E-state index contributed by atoms with van der Waals surface area (Å²) in [5.41, 5.74) is 3.09. The minimum atomic E-state index is -0.648. The van der Waals surface area contributed by atoms with E-state index in [0.29, 0.717) is 10.0 Å². The summed E-state index contributed by atoms with van der Waals surface area (Å²) < 4.78 is 19.0. The molecule has 0 unspecified atom stereocenters. The summed E-state index contributed by atoms with van der Waals surface area (Å²) in [4.78, 5) is 36.4. The summed E-state index contributed by atoms with van der Waals surface area (Å²) in [6.07, 6.45) is 1.29. The van der Waals surface area contributed by atoms with Crippen LogP contribution in [-0.2, 0) is 4.79 Å². The molecule has 0 aliphatic carbocycles. The number of hydrazone groups is 1. The first-order valence-electron chi connectivity index (χ1n) is 9.45. The van der Waals surface area contributed by atoms with E-state index in [0.717, 1.165) is 12.1 Å². The zero-order chi connectivity index (χ0) is 23.8. The van der Waals surface area contributed by atoms with E-state index in [4.69, 9.17) is 16.3 Å². The second-order valence-electron chi connectivity index (χ2n) is 6.53. The number of hydrogen-bond donors (Lipinski definition) is 2. The highest BCUT2D eigenvalue weighted by molar-refractivity contribution is 9.10. The molecule has 2 amide bonds. The van der Waals surface area contributed by atoms with Gasteiger partial charge in [0.05, 0.1) is 23.3 Å². The van der Waals surface area contributed by atoms with Crippen LogP contribution in [0.1, 0.15) is 26.3 Å². The minimum absolute atomic E-state index is 0.200. The van der Waals surface area contributed by atoms with E-state index in [9.17, 15) is 18.8 Å². The Morgan fingerprint density at radius 3 is 2.52 bits per heavy atom. The van der Waals surface area contributed by atoms with Crippen LogP contribution in [0.25, 0.3) is 0 Å². The Kier molecular flexibility index (Phi) is 8.28. The molecule has 0 fully saturated rings. The lowest BCUT2D eigenvalue weighted by Crippen LogP contribution is -2.34. The van der Waals surface area contributed by atoms with Crippen LogP contribution < -0.4 is 15.5 Å². The molecule has 33 heavy (non-hydrogen) atoms. The minimum Gasteiger partial charge on any atom is -0.422 e. The standard InChI is InChI=1S/C23H16BrClFN3O4/c24-16-7-10-20(33-23(32)18-3-1-2-4-19(18)25)15(11-16)12-28-29-21(30)13-27-22(31)14-5-8-17(26)9-6-14/h1-12H,13H2,(H,27,31)(H,29,30). The van der Waals surface area contributed by atoms with E-state index in [1.807, 2.05) is 0 Å². The monoisotopic (exact) mass is 531 g/mol. The number of nitrogens with one attached hydrogen (secondary N) is 2. The van der Waals surface area contributed by atoms with Crippen molar-refractivity contribution < 1.29 is 23.5 Å². The van der Waals surface area contributed by atoms with Crippen molar-refractivity contribution in [2.75, 3.05) is 6.54 Å². The van der Waals surface area contributed by atoms with Gasteiger partial charge in [-0.05, 0) is 54.6 Å². The molecular formula is C23H16BrClFN3O4. The smallest absolute Gasteiger partial charge is 0.345 e. The molecule has 0 atom stereocenters. The first-order chi connectivity index (χ1) is 15.8. The Hall–Kier alpha value is -3.56. The molecule has 168 valence electrons. The van der Waals surface area contributed by atoms with Gasteiger partial charge in [0, 0.05) is 15.6 Å². The fraction of sp³-hybridized carbons (Fsp3) is 0.0435. The summed E-state index contributed by atoms with van der Waals surface area (Å²) in [7, 11) is 0. The molecule has 0 radical (unpaired) electrons. The van der Waals surface area contributed by atoms with Crippen LogP contribution in [0.5, 0.6) is 5.75 Å². The van der Waals surface area contributed by atoms with Crippen LogP contribution >= 0.6 is 27.5 Å². The number of benzene rings is 3. The Bertz CT molecular complexity index is 1220. The van der Waals surface area contributed by atoms with Gasteiger partial charge in [0.25, 0.3) is 11.8 Å². The van der Waals surface area contributed by atoms with Gasteiger partial charge < -0.3 is 10.1 Å². The first kappa shape index (κ1) is 24.1. The number of ether oxygens (including phenoxy) is 1. The molecule has 0 saturated heterocycles. The third-order valence-corrected chi connectivity index (χ3v) is 5.00. The Morgan fingerprint density at radius 1 is 1.06 bits per heavy atom. The average molecular weight is 533 g/mol. The SMILES string of the molecule is O=C(CNC(=O)c1ccc(F)cc1)NN=Cc1cc(Br)ccc1OC(=O)c1ccccc1Cl. The van der Waals surface area contributed by atoms with Crippen molar-refractivity contribution >= 4 is 51.5 Å². The number of nitrogens with zero attached hydrogens (tertiary/aromatic N) is 1. The number of carbonyl (C=O) groups excluding carboxylic acids is 3. The van der Waals surface area contributed by atoms with E-state index in [-0.39, 0.29) is 28.4 Å². The highest BCUT2D eigenvalue weighted by Crippen LogP contribution is 2.24. The van der Waals surface area contributed by atoms with E-state index >= 15 is 0 Å². The molecule has 7 nitrogen and oxygen atoms in total. The predicted molar refractivity (Wildman–Crippen MR) is 125 cm³/mol. The number of esters is 1. The van der Waals surface area contributed by atoms with Crippen molar-refractivity contribution in [1.82, 2.24) is 10.7 Å². The highest BCUT2D eigenvalue weighted by Gasteiger charge is 2.14. The molecule has 2 N–H and O–H groups in total. The summed E-state index contributed by atoms with van der Waals surface area (Å²) >= 11 is 9.36. The van der Waals surface area contributed by atoms with Crippen molar-refractivity contribution in [3.8, 4) is 5.75 Å². The van der Waals surface area contributed by atoms with E-state index < -0.39 is 23.6 Å². The zero-order valence-electron chi connectivity index (χ0n) is 16.8. The van der Waals surface area contributed by atoms with Crippen LogP contribution in [0, 0.1) is 5.82 Å². The Balaban J connectivity index is 1.60. The van der Waals surface area contributed by atoms with Crippen molar-refractivity contribution in [2.45, 2.75) is 0 Å². The number of amides is 2. The van der Waals surface area contributed by atoms with Gasteiger partial charge >= 0.3 is 5.97 Å². The molecule has 10 heteroatoms. The maximum Gasteiger partial charge on any atom is 0.345 e. The van der Waals surface area contributed by atoms with Gasteiger partial charge in [-0.3, -0.25) is 9.59 Å². The molecule has 0 aliphatic heterocycles. The van der Waals surface area contributed by atoms with Crippen molar-refractivity contribution in [3.63, 3.8) is 0 Å². The fourth-order valence-corrected chi connectivity index (χ4v) is 3.16. The number of hydrogen-bond acceptors (Lipinski definition) is 5. The van der Waals surface area contributed by atoms with Gasteiger partial charge in [0.2, 0.25) is 0 Å². The molecule has 0 spiro atoms. The molecule has 0 bridgehead atoms. The fourth-order valence-electron chi connectivity index (χ4n) is 2.57. The summed E-state index contributed by atoms with van der Waals surface area (Å²) in [5, 5.41) is 6.49. The lowest BCUT2D eigenvalue weighted by molar-refractivity contribution is -0.120. The predicted octanol–water partition coefficient (Wildman–Crippen LogP) is 4.34. The average Bonchev–Trinajstić information content (AvgIpc) is 2.80. The van der Waals surface area contributed by atoms with Gasteiger partial charge in [-0.15, -0.1) is 0 Å². The third-order valence-electron chi connectivity index (χ3n) is 4.18. The Morgan fingerprint density at radius 2 is 1.79 bits per heavy atom. The number of halogens is 3. The zero-order valence-corrected chi connectivity index (χ0v) is 19.2. The van der Waals surface area contributed by atoms with Crippen LogP contribution in [0.4, 0.5) is 4.39 Å². The van der Waals surface area contributed by atoms with Crippen LogP contribution in [-0.4, -0.2) is 30.5 Å². The van der Waals surface area contributed by atoms with Crippen LogP contribution in [0.2, 0.25) is 5.02 Å². The van der Waals surface area contributed by atoms with Gasteiger partial charge in [-0.1, -0.05) is 39.7 Å². The van der Waals surface area contributed by atoms with Crippen LogP contribution in [0.15, 0.2) is 76.3 Å². The van der Waals surface area contributed by atoms with Gasteiger partial charge in [0.15, 0.2) is 0 Å². The molecule has 0 saturated carbocycles. The molecule has 3 aromatic carbocycles. The highest BCUT2D eigenvalue weighted by atomic mass is 79.9. The summed E-state index contributed by atoms with van der Waals surface area (Å²) in [5.74, 6) is -2.04. The molecular weight excluding hydrogens is 517 g/mol. The number of carbonyl (C=O) groups is 3. The topological polar surface area (TPSA) is 96.9 Å². The lowest BCUT2D eigenvalue weighted by Gasteiger charge is -2.09. The van der Waals surface area contributed by atoms with Gasteiger partial charge in [-0.2, -0.15) is 5.10 Å². The first-order valence-corrected chi connectivity index (χ1v) is 10.6. The van der Waals surface area contributed by atoms with E-state index in [1.165, 1.54) is 24.4 Å². The molecule has 0 aromatic heterocycles. The van der Waals surface area contributed by atoms with Gasteiger partial charge in [0.1, 0.15) is 11.6 Å². The van der Waals surface area contributed by atoms with Gasteiger partial charge in [-0.25, -0.2) is 14.6 Å². The molecule has 3 aromatic rings. The quantitative estimate of drug-likeness (QED) is 0.205. The van der Waals surface area contributed by atoms with Crippen molar-refractivity contribution in [3.05, 3.63) is 98.7 Å². The lowest BCUT2D eigenvalue weighted by atomic mass is 10.2. The maximum atomic E-state index is 12.9. The van der Waals surface area contributed by atoms with Crippen LogP contribution in [0.3, 0.4) is 0 Å². The second-order valence-corrected chi connectivity index (χ2v) is 7.86. The number of rotatable bonds is 7. The van der Waals surface area contributed by atoms with E-state index in [1.54, 1.807) is 36.4 Å². The summed E-state index contributed by atoms with van der Waals surface area (Å²) in [6.45, 7) is -0.347. The van der Waals surface area contributed by atoms with Crippen molar-refractivity contribution in [2.24, 2.45) is 5.10 Å². The third kappa shape index (κ3) is 6.96. The normalized spacial score (nSPS) is 10.6.